The molecular formula is C7H11NO2S. The van der Waals surface area contributed by atoms with Gasteiger partial charge < -0.3 is 10.2 Å². The first-order chi connectivity index (χ1) is 5.25. The number of aliphatic hydroxyl groups is 2. The minimum atomic E-state index is -0.549. The molecule has 11 heavy (non-hydrogen) atoms. The first-order valence-corrected chi connectivity index (χ1v) is 4.32. The second-order valence-corrected chi connectivity index (χ2v) is 3.22. The largest absolute Gasteiger partial charge is 0.396 e. The van der Waals surface area contributed by atoms with Gasteiger partial charge in [0, 0.05) is 13.0 Å². The van der Waals surface area contributed by atoms with E-state index in [4.69, 9.17) is 5.11 Å². The third-order valence-electron chi connectivity index (χ3n) is 1.49. The zero-order chi connectivity index (χ0) is 8.27. The van der Waals surface area contributed by atoms with Crippen LogP contribution in [0.25, 0.3) is 0 Å². The minimum Gasteiger partial charge on any atom is -0.396 e. The van der Waals surface area contributed by atoms with Gasteiger partial charge in [0.05, 0.1) is 22.2 Å². The fourth-order valence-electron chi connectivity index (χ4n) is 0.884. The molecule has 62 valence electrons. The molecule has 0 saturated heterocycles. The first-order valence-electron chi connectivity index (χ1n) is 3.44. The van der Waals surface area contributed by atoms with Crippen molar-refractivity contribution >= 4 is 11.3 Å². The van der Waals surface area contributed by atoms with Gasteiger partial charge in [-0.1, -0.05) is 0 Å². The molecule has 0 aliphatic heterocycles. The fourth-order valence-corrected chi connectivity index (χ4v) is 1.71. The molecular weight excluding hydrogens is 162 g/mol. The van der Waals surface area contributed by atoms with E-state index in [1.54, 1.807) is 5.51 Å². The van der Waals surface area contributed by atoms with E-state index in [2.05, 4.69) is 4.98 Å². The zero-order valence-electron chi connectivity index (χ0n) is 6.32. The highest BCUT2D eigenvalue weighted by molar-refractivity contribution is 7.09. The van der Waals surface area contributed by atoms with E-state index >= 15 is 0 Å². The van der Waals surface area contributed by atoms with Gasteiger partial charge in [0.1, 0.15) is 0 Å². The van der Waals surface area contributed by atoms with E-state index in [-0.39, 0.29) is 6.61 Å². The van der Waals surface area contributed by atoms with E-state index in [0.717, 1.165) is 10.6 Å². The van der Waals surface area contributed by atoms with Gasteiger partial charge >= 0.3 is 0 Å². The molecule has 1 unspecified atom stereocenters. The van der Waals surface area contributed by atoms with Gasteiger partial charge in [-0.25, -0.2) is 4.98 Å². The standard InChI is InChI=1S/C7H11NO2S/c1-5-7(11-4-8-5)6(10)2-3-9/h4,6,9-10H,2-3H2,1H3. The summed E-state index contributed by atoms with van der Waals surface area (Å²) in [5, 5.41) is 18.0. The Kier molecular flexibility index (Phi) is 2.99. The monoisotopic (exact) mass is 173 g/mol. The summed E-state index contributed by atoms with van der Waals surface area (Å²) in [4.78, 5) is 4.86. The smallest absolute Gasteiger partial charge is 0.0922 e. The Labute approximate surface area is 69.3 Å². The van der Waals surface area contributed by atoms with Crippen LogP contribution in [-0.4, -0.2) is 21.8 Å². The van der Waals surface area contributed by atoms with Gasteiger partial charge in [0.15, 0.2) is 0 Å². The Morgan fingerprint density at radius 3 is 2.91 bits per heavy atom. The maximum atomic E-state index is 9.40. The molecule has 2 N–H and O–H groups in total. The quantitative estimate of drug-likeness (QED) is 0.713. The summed E-state index contributed by atoms with van der Waals surface area (Å²) in [5.41, 5.74) is 2.56. The number of hydrogen-bond donors (Lipinski definition) is 2. The molecule has 0 aliphatic carbocycles. The lowest BCUT2D eigenvalue weighted by Crippen LogP contribution is -1.99. The number of hydrogen-bond acceptors (Lipinski definition) is 4. The number of aromatic nitrogens is 1. The number of nitrogens with zero attached hydrogens (tertiary/aromatic N) is 1. The van der Waals surface area contributed by atoms with Crippen LogP contribution in [0.5, 0.6) is 0 Å². The lowest BCUT2D eigenvalue weighted by atomic mass is 10.2. The van der Waals surface area contributed by atoms with E-state index < -0.39 is 6.10 Å². The number of aryl methyl sites for hydroxylation is 1. The molecule has 0 bridgehead atoms. The second-order valence-electron chi connectivity index (χ2n) is 2.33. The van der Waals surface area contributed by atoms with Gasteiger partial charge in [0.25, 0.3) is 0 Å². The van der Waals surface area contributed by atoms with Crippen LogP contribution in [-0.2, 0) is 0 Å². The van der Waals surface area contributed by atoms with Gasteiger partial charge in [-0.2, -0.15) is 0 Å². The molecule has 0 fully saturated rings. The number of rotatable bonds is 3. The highest BCUT2D eigenvalue weighted by atomic mass is 32.1. The van der Waals surface area contributed by atoms with Crippen molar-refractivity contribution in [3.63, 3.8) is 0 Å². The Hall–Kier alpha value is -0.450. The zero-order valence-corrected chi connectivity index (χ0v) is 7.14. The Balaban J connectivity index is 2.67. The van der Waals surface area contributed by atoms with E-state index in [1.165, 1.54) is 11.3 Å². The molecule has 3 nitrogen and oxygen atoms in total. The van der Waals surface area contributed by atoms with Crippen molar-refractivity contribution in [3.8, 4) is 0 Å². The number of aliphatic hydroxyl groups excluding tert-OH is 2. The molecule has 0 aromatic carbocycles. The molecule has 4 heteroatoms. The Morgan fingerprint density at radius 2 is 2.45 bits per heavy atom. The van der Waals surface area contributed by atoms with Gasteiger partial charge in [-0.3, -0.25) is 0 Å². The van der Waals surface area contributed by atoms with Crippen LogP contribution in [0.3, 0.4) is 0 Å². The highest BCUT2D eigenvalue weighted by Crippen LogP contribution is 2.23. The molecule has 0 radical (unpaired) electrons. The van der Waals surface area contributed by atoms with Gasteiger partial charge in [-0.15, -0.1) is 11.3 Å². The molecule has 0 amide bonds. The van der Waals surface area contributed by atoms with Crippen LogP contribution in [0.15, 0.2) is 5.51 Å². The lowest BCUT2D eigenvalue weighted by molar-refractivity contribution is 0.136. The SMILES string of the molecule is Cc1ncsc1C(O)CCO. The van der Waals surface area contributed by atoms with Crippen molar-refractivity contribution in [3.05, 3.63) is 16.1 Å². The lowest BCUT2D eigenvalue weighted by Gasteiger charge is -2.05. The second kappa shape index (κ2) is 3.80. The van der Waals surface area contributed by atoms with Crippen molar-refractivity contribution in [2.75, 3.05) is 6.61 Å². The first kappa shape index (κ1) is 8.64. The summed E-state index contributed by atoms with van der Waals surface area (Å²) in [6.45, 7) is 1.87. The average molecular weight is 173 g/mol. The molecule has 1 heterocycles. The topological polar surface area (TPSA) is 53.4 Å². The van der Waals surface area contributed by atoms with Crippen LogP contribution < -0.4 is 0 Å². The van der Waals surface area contributed by atoms with Gasteiger partial charge in [0.2, 0.25) is 0 Å². The molecule has 0 spiro atoms. The summed E-state index contributed by atoms with van der Waals surface area (Å²) in [6, 6.07) is 0. The third kappa shape index (κ3) is 1.99. The van der Waals surface area contributed by atoms with E-state index in [9.17, 15) is 5.11 Å². The summed E-state index contributed by atoms with van der Waals surface area (Å²) in [5.74, 6) is 0. The predicted molar refractivity (Wildman–Crippen MR) is 43.5 cm³/mol. The highest BCUT2D eigenvalue weighted by Gasteiger charge is 2.11. The molecule has 1 rings (SSSR count). The summed E-state index contributed by atoms with van der Waals surface area (Å²) in [6.07, 6.45) is -0.157. The van der Waals surface area contributed by atoms with Crippen molar-refractivity contribution in [2.24, 2.45) is 0 Å². The molecule has 0 saturated carbocycles. The van der Waals surface area contributed by atoms with Crippen LogP contribution >= 0.6 is 11.3 Å². The number of thiazole rings is 1. The van der Waals surface area contributed by atoms with Crippen molar-refractivity contribution < 1.29 is 10.2 Å². The van der Waals surface area contributed by atoms with Crippen molar-refractivity contribution in [2.45, 2.75) is 19.4 Å². The molecule has 1 aromatic heterocycles. The van der Waals surface area contributed by atoms with Gasteiger partial charge in [-0.05, 0) is 6.92 Å². The Bertz CT molecular complexity index is 224. The van der Waals surface area contributed by atoms with Crippen molar-refractivity contribution in [1.29, 1.82) is 0 Å². The maximum absolute atomic E-state index is 9.40. The van der Waals surface area contributed by atoms with Crippen molar-refractivity contribution in [1.82, 2.24) is 4.98 Å². The molecule has 1 atom stereocenters. The van der Waals surface area contributed by atoms with Crippen LogP contribution in [0.4, 0.5) is 0 Å². The predicted octanol–water partition coefficient (Wildman–Crippen LogP) is 0.867. The fraction of sp³-hybridized carbons (Fsp3) is 0.571. The van der Waals surface area contributed by atoms with E-state index in [1.807, 2.05) is 6.92 Å². The van der Waals surface area contributed by atoms with Crippen LogP contribution in [0.1, 0.15) is 23.1 Å². The molecule has 1 aromatic rings. The summed E-state index contributed by atoms with van der Waals surface area (Å²) < 4.78 is 0. The summed E-state index contributed by atoms with van der Waals surface area (Å²) >= 11 is 1.43. The van der Waals surface area contributed by atoms with Crippen LogP contribution in [0.2, 0.25) is 0 Å². The third-order valence-corrected chi connectivity index (χ3v) is 2.52. The minimum absolute atomic E-state index is 0.0124. The average Bonchev–Trinajstić information content (AvgIpc) is 2.36. The summed E-state index contributed by atoms with van der Waals surface area (Å²) in [7, 11) is 0. The maximum Gasteiger partial charge on any atom is 0.0922 e. The molecule has 0 aliphatic rings. The normalized spacial score (nSPS) is 13.4. The van der Waals surface area contributed by atoms with E-state index in [0.29, 0.717) is 6.42 Å². The Morgan fingerprint density at radius 1 is 1.73 bits per heavy atom. The van der Waals surface area contributed by atoms with Crippen LogP contribution in [0, 0.1) is 6.92 Å².